The lowest BCUT2D eigenvalue weighted by atomic mass is 9.90. The second-order valence-corrected chi connectivity index (χ2v) is 8.71. The fraction of sp³-hybridized carbons (Fsp3) is 0.269. The number of fused-ring (bicyclic) bond motifs is 2. The summed E-state index contributed by atoms with van der Waals surface area (Å²) in [4.78, 5) is 17.2. The number of benzene rings is 2. The zero-order chi connectivity index (χ0) is 23.9. The first-order valence-electron chi connectivity index (χ1n) is 11.0. The molecule has 34 heavy (non-hydrogen) atoms. The molecular weight excluding hydrogens is 435 g/mol. The van der Waals surface area contributed by atoms with E-state index in [9.17, 15) is 9.18 Å². The molecule has 0 saturated heterocycles. The molecule has 7 nitrogen and oxygen atoms in total. The molecule has 0 radical (unpaired) electrons. The Labute approximate surface area is 196 Å². The molecule has 1 amide bonds. The highest BCUT2D eigenvalue weighted by Gasteiger charge is 2.33. The fourth-order valence-electron chi connectivity index (χ4n) is 4.30. The number of alkyl halides is 1. The summed E-state index contributed by atoms with van der Waals surface area (Å²) in [5.74, 6) is 0.283. The predicted octanol–water partition coefficient (Wildman–Crippen LogP) is 4.29. The summed E-state index contributed by atoms with van der Waals surface area (Å²) in [6.07, 6.45) is 3.70. The summed E-state index contributed by atoms with van der Waals surface area (Å²) in [5, 5.41) is 9.19. The number of hydrogen-bond acceptors (Lipinski definition) is 5. The van der Waals surface area contributed by atoms with E-state index >= 15 is 0 Å². The second-order valence-electron chi connectivity index (χ2n) is 8.71. The predicted molar refractivity (Wildman–Crippen MR) is 126 cm³/mol. The summed E-state index contributed by atoms with van der Waals surface area (Å²) in [6, 6.07) is 13.1. The van der Waals surface area contributed by atoms with Crippen molar-refractivity contribution in [1.29, 1.82) is 0 Å². The van der Waals surface area contributed by atoms with E-state index in [2.05, 4.69) is 21.5 Å². The quantitative estimate of drug-likeness (QED) is 0.481. The van der Waals surface area contributed by atoms with Crippen LogP contribution >= 0.6 is 0 Å². The van der Waals surface area contributed by atoms with Gasteiger partial charge >= 0.3 is 0 Å². The van der Waals surface area contributed by atoms with Crippen molar-refractivity contribution in [3.63, 3.8) is 0 Å². The molecular formula is C26H25FN4O3. The summed E-state index contributed by atoms with van der Waals surface area (Å²) in [6.45, 7) is 2.06. The minimum Gasteiger partial charge on any atom is -0.479 e. The van der Waals surface area contributed by atoms with Crippen LogP contribution in [0.15, 0.2) is 54.9 Å². The lowest BCUT2D eigenvalue weighted by molar-refractivity contribution is -0.00467. The first-order valence-corrected chi connectivity index (χ1v) is 11.0. The van der Waals surface area contributed by atoms with Crippen LogP contribution in [0.4, 0.5) is 4.39 Å². The van der Waals surface area contributed by atoms with Crippen molar-refractivity contribution in [2.45, 2.75) is 25.7 Å². The Hall–Kier alpha value is -3.78. The number of nitrogens with one attached hydrogen (secondary N) is 1. The van der Waals surface area contributed by atoms with E-state index in [-0.39, 0.29) is 19.1 Å². The first kappa shape index (κ1) is 22.0. The van der Waals surface area contributed by atoms with Crippen molar-refractivity contribution in [2.24, 2.45) is 7.05 Å². The van der Waals surface area contributed by atoms with Crippen molar-refractivity contribution >= 4 is 16.7 Å². The van der Waals surface area contributed by atoms with E-state index in [0.29, 0.717) is 23.6 Å². The third kappa shape index (κ3) is 4.12. The van der Waals surface area contributed by atoms with Gasteiger partial charge in [-0.25, -0.2) is 4.39 Å². The zero-order valence-electron chi connectivity index (χ0n) is 19.3. The third-order valence-corrected chi connectivity index (χ3v) is 6.07. The molecule has 4 aromatic rings. The SMILES string of the molecule is COc1nn(C)cc1-c1ccc2cnc(CNC(=O)c3ccc4c(c3)[C@](C)(F)COC4)cc2c1. The number of carbonyl (C=O) groups excluding carboxylic acids is 1. The lowest BCUT2D eigenvalue weighted by Crippen LogP contribution is -2.30. The normalized spacial score (nSPS) is 17.4. The van der Waals surface area contributed by atoms with Crippen molar-refractivity contribution in [3.05, 3.63) is 77.2 Å². The number of aromatic nitrogens is 3. The molecule has 0 bridgehead atoms. The van der Waals surface area contributed by atoms with Gasteiger partial charge in [0, 0.05) is 30.4 Å². The highest BCUT2D eigenvalue weighted by Crippen LogP contribution is 2.34. The van der Waals surface area contributed by atoms with Gasteiger partial charge in [0.1, 0.15) is 0 Å². The number of nitrogens with zero attached hydrogens (tertiary/aromatic N) is 3. The minimum absolute atomic E-state index is 0.0149. The molecule has 1 atom stereocenters. The average Bonchev–Trinajstić information content (AvgIpc) is 3.22. The fourth-order valence-corrected chi connectivity index (χ4v) is 4.30. The molecule has 0 saturated carbocycles. The maximum Gasteiger partial charge on any atom is 0.251 e. The van der Waals surface area contributed by atoms with Crippen LogP contribution in [0.25, 0.3) is 21.9 Å². The number of aryl methyl sites for hydroxylation is 1. The van der Waals surface area contributed by atoms with Crippen molar-refractivity contribution in [1.82, 2.24) is 20.1 Å². The molecule has 174 valence electrons. The van der Waals surface area contributed by atoms with Gasteiger partial charge in [0.05, 0.1) is 38.1 Å². The van der Waals surface area contributed by atoms with Gasteiger partial charge in [0.15, 0.2) is 5.67 Å². The molecule has 0 fully saturated rings. The van der Waals surface area contributed by atoms with E-state index < -0.39 is 5.67 Å². The van der Waals surface area contributed by atoms with Gasteiger partial charge in [-0.3, -0.25) is 14.5 Å². The topological polar surface area (TPSA) is 78.3 Å². The number of halogens is 1. The van der Waals surface area contributed by atoms with Crippen LogP contribution in [0.3, 0.4) is 0 Å². The molecule has 3 heterocycles. The maximum absolute atomic E-state index is 14.8. The van der Waals surface area contributed by atoms with Gasteiger partial charge in [-0.05, 0) is 53.3 Å². The van der Waals surface area contributed by atoms with Gasteiger partial charge in [-0.1, -0.05) is 18.2 Å². The molecule has 0 spiro atoms. The van der Waals surface area contributed by atoms with Crippen molar-refractivity contribution < 1.29 is 18.7 Å². The van der Waals surface area contributed by atoms with Gasteiger partial charge in [-0.2, -0.15) is 0 Å². The molecule has 1 aliphatic heterocycles. The number of hydrogen-bond donors (Lipinski definition) is 1. The molecule has 1 N–H and O–H groups in total. The second kappa shape index (κ2) is 8.53. The highest BCUT2D eigenvalue weighted by molar-refractivity contribution is 5.94. The van der Waals surface area contributed by atoms with Crippen LogP contribution in [0.2, 0.25) is 0 Å². The zero-order valence-corrected chi connectivity index (χ0v) is 19.3. The average molecular weight is 461 g/mol. The molecule has 2 aromatic carbocycles. The van der Waals surface area contributed by atoms with Gasteiger partial charge in [-0.15, -0.1) is 5.10 Å². The smallest absolute Gasteiger partial charge is 0.251 e. The molecule has 0 unspecified atom stereocenters. The number of methoxy groups -OCH3 is 1. The van der Waals surface area contributed by atoms with E-state index in [1.807, 2.05) is 31.4 Å². The van der Waals surface area contributed by atoms with Crippen LogP contribution in [-0.2, 0) is 30.6 Å². The monoisotopic (exact) mass is 460 g/mol. The van der Waals surface area contributed by atoms with Gasteiger partial charge in [0.25, 0.3) is 5.91 Å². The largest absolute Gasteiger partial charge is 0.479 e. The Morgan fingerprint density at radius 1 is 1.24 bits per heavy atom. The van der Waals surface area contributed by atoms with Gasteiger partial charge in [0.2, 0.25) is 5.88 Å². The van der Waals surface area contributed by atoms with E-state index in [0.717, 1.165) is 33.2 Å². The van der Waals surface area contributed by atoms with Gasteiger partial charge < -0.3 is 14.8 Å². The Bertz CT molecular complexity index is 1400. The number of pyridine rings is 1. The molecule has 5 rings (SSSR count). The molecule has 2 aromatic heterocycles. The standard InChI is InChI=1S/C26H25FN4O3/c1-26(27)15-34-14-19-7-5-17(10-23(19)26)24(32)29-12-21-9-20-8-16(4-6-18(20)11-28-21)22-13-31(2)30-25(22)33-3/h4-11,13H,12,14-15H2,1-3H3,(H,29,32)/t26-/m1/s1. The van der Waals surface area contributed by atoms with E-state index in [4.69, 9.17) is 9.47 Å². The lowest BCUT2D eigenvalue weighted by Gasteiger charge is -2.29. The van der Waals surface area contributed by atoms with Crippen LogP contribution in [0.1, 0.15) is 34.1 Å². The minimum atomic E-state index is -1.61. The molecule has 0 aliphatic carbocycles. The number of carbonyl (C=O) groups is 1. The number of rotatable bonds is 5. The summed E-state index contributed by atoms with van der Waals surface area (Å²) in [5.41, 5.74) is 2.67. The maximum atomic E-state index is 14.8. The van der Waals surface area contributed by atoms with Crippen molar-refractivity contribution in [3.8, 4) is 17.0 Å². The first-order chi connectivity index (χ1) is 16.3. The summed E-state index contributed by atoms with van der Waals surface area (Å²) >= 11 is 0. The number of ether oxygens (including phenoxy) is 2. The Morgan fingerprint density at radius 2 is 2.09 bits per heavy atom. The van der Waals surface area contributed by atoms with Crippen LogP contribution < -0.4 is 10.1 Å². The van der Waals surface area contributed by atoms with Crippen molar-refractivity contribution in [2.75, 3.05) is 13.7 Å². The van der Waals surface area contributed by atoms with E-state index in [1.54, 1.807) is 36.2 Å². The Kier molecular flexibility index (Phi) is 5.53. The highest BCUT2D eigenvalue weighted by atomic mass is 19.1. The van der Waals surface area contributed by atoms with Crippen LogP contribution in [0.5, 0.6) is 5.88 Å². The Morgan fingerprint density at radius 3 is 2.91 bits per heavy atom. The van der Waals surface area contributed by atoms with Crippen LogP contribution in [-0.4, -0.2) is 34.4 Å². The molecule has 8 heteroatoms. The molecule has 1 aliphatic rings. The third-order valence-electron chi connectivity index (χ3n) is 6.07. The number of amides is 1. The van der Waals surface area contributed by atoms with Crippen LogP contribution in [0, 0.1) is 0 Å². The Balaban J connectivity index is 1.35. The summed E-state index contributed by atoms with van der Waals surface area (Å²) in [7, 11) is 3.45. The summed E-state index contributed by atoms with van der Waals surface area (Å²) < 4.78 is 27.2. The van der Waals surface area contributed by atoms with E-state index in [1.165, 1.54) is 6.92 Å².